The van der Waals surface area contributed by atoms with E-state index in [1.54, 1.807) is 11.4 Å². The molecule has 1 N–H and O–H groups in total. The maximum atomic E-state index is 12.2. The average Bonchev–Trinajstić information content (AvgIpc) is 2.76. The number of ether oxygens (including phenoxy) is 1. The summed E-state index contributed by atoms with van der Waals surface area (Å²) in [7, 11) is -1.61. The Morgan fingerprint density at radius 2 is 1.78 bits per heavy atom. The minimum atomic E-state index is -3.25. The van der Waals surface area contributed by atoms with Gasteiger partial charge >= 0.3 is 0 Å². The summed E-state index contributed by atoms with van der Waals surface area (Å²) in [5.74, 6) is 7.19. The Hall–Kier alpha value is -2.37. The van der Waals surface area contributed by atoms with Crippen LogP contribution < -0.4 is 4.74 Å². The molecule has 0 bridgehead atoms. The molecule has 2 heterocycles. The number of aliphatic hydroxyl groups excluding tert-OH is 1. The molecular formula is C25H30N2O4S. The van der Waals surface area contributed by atoms with Crippen LogP contribution in [0.3, 0.4) is 0 Å². The molecule has 2 fully saturated rings. The minimum absolute atomic E-state index is 0.0185. The Bertz CT molecular complexity index is 1100. The van der Waals surface area contributed by atoms with Gasteiger partial charge in [-0.25, -0.2) is 12.7 Å². The van der Waals surface area contributed by atoms with Crippen LogP contribution in [0.5, 0.6) is 5.75 Å². The molecule has 170 valence electrons. The second-order valence-electron chi connectivity index (χ2n) is 8.48. The zero-order chi connectivity index (χ0) is 22.7. The molecule has 7 heteroatoms. The Morgan fingerprint density at radius 3 is 2.47 bits per heavy atom. The number of hydrogen-bond donors (Lipinski definition) is 1. The van der Waals surface area contributed by atoms with E-state index in [1.807, 2.05) is 36.4 Å². The van der Waals surface area contributed by atoms with Crippen LogP contribution in [0, 0.1) is 11.8 Å². The number of rotatable bonds is 4. The van der Waals surface area contributed by atoms with Gasteiger partial charge in [-0.3, -0.25) is 4.90 Å². The maximum absolute atomic E-state index is 12.2. The Morgan fingerprint density at radius 1 is 1.06 bits per heavy atom. The van der Waals surface area contributed by atoms with E-state index < -0.39 is 10.0 Å². The van der Waals surface area contributed by atoms with Gasteiger partial charge in [-0.05, 0) is 49.2 Å². The van der Waals surface area contributed by atoms with Crippen molar-refractivity contribution in [3.63, 3.8) is 0 Å². The topological polar surface area (TPSA) is 70.1 Å². The number of fused-ring (bicyclic) bond motifs is 1. The third-order valence-corrected chi connectivity index (χ3v) is 7.82. The summed E-state index contributed by atoms with van der Waals surface area (Å²) in [6.07, 6.45) is 3.06. The lowest BCUT2D eigenvalue weighted by Crippen LogP contribution is -2.67. The lowest BCUT2D eigenvalue weighted by molar-refractivity contribution is -0.0553. The molecule has 4 rings (SSSR count). The molecule has 0 spiro atoms. The predicted octanol–water partition coefficient (Wildman–Crippen LogP) is 2.28. The molecule has 2 aliphatic rings. The predicted molar refractivity (Wildman–Crippen MR) is 125 cm³/mol. The first-order valence-electron chi connectivity index (χ1n) is 11.0. The van der Waals surface area contributed by atoms with Crippen LogP contribution in [0.15, 0.2) is 48.5 Å². The van der Waals surface area contributed by atoms with Gasteiger partial charge in [-0.15, -0.1) is 0 Å². The van der Waals surface area contributed by atoms with Crippen LogP contribution in [-0.2, 0) is 10.0 Å². The number of benzene rings is 2. The first-order valence-corrected chi connectivity index (χ1v) is 12.8. The van der Waals surface area contributed by atoms with Crippen molar-refractivity contribution in [2.75, 3.05) is 39.6 Å². The summed E-state index contributed by atoms with van der Waals surface area (Å²) in [5.41, 5.74) is 2.85. The van der Waals surface area contributed by atoms with Gasteiger partial charge in [0.25, 0.3) is 0 Å². The van der Waals surface area contributed by atoms with Crippen molar-refractivity contribution in [3.05, 3.63) is 65.2 Å². The molecule has 0 aromatic heterocycles. The molecular weight excluding hydrogens is 424 g/mol. The lowest BCUT2D eigenvalue weighted by Gasteiger charge is -2.57. The summed E-state index contributed by atoms with van der Waals surface area (Å²) in [6.45, 7) is 1.99. The van der Waals surface area contributed by atoms with Crippen LogP contribution in [0.2, 0.25) is 0 Å². The van der Waals surface area contributed by atoms with E-state index >= 15 is 0 Å². The smallest absolute Gasteiger partial charge is 0.211 e. The van der Waals surface area contributed by atoms with E-state index in [1.165, 1.54) is 6.26 Å². The summed E-state index contributed by atoms with van der Waals surface area (Å²) >= 11 is 0. The second-order valence-corrected chi connectivity index (χ2v) is 10.5. The van der Waals surface area contributed by atoms with Crippen LogP contribution in [0.25, 0.3) is 0 Å². The summed E-state index contributed by atoms with van der Waals surface area (Å²) in [4.78, 5) is 2.28. The largest absolute Gasteiger partial charge is 0.495 e. The molecule has 2 saturated heterocycles. The van der Waals surface area contributed by atoms with E-state index in [0.29, 0.717) is 13.1 Å². The Kier molecular flexibility index (Phi) is 6.87. The van der Waals surface area contributed by atoms with Gasteiger partial charge in [0.15, 0.2) is 0 Å². The van der Waals surface area contributed by atoms with Gasteiger partial charge in [0.05, 0.1) is 25.5 Å². The zero-order valence-corrected chi connectivity index (χ0v) is 19.4. The highest BCUT2D eigenvalue weighted by Gasteiger charge is 2.49. The molecule has 32 heavy (non-hydrogen) atoms. The third kappa shape index (κ3) is 4.69. The van der Waals surface area contributed by atoms with E-state index in [2.05, 4.69) is 28.9 Å². The zero-order valence-electron chi connectivity index (χ0n) is 18.6. The molecule has 0 radical (unpaired) electrons. The number of para-hydroxylation sites is 1. The average molecular weight is 455 g/mol. The number of aliphatic hydroxyl groups is 1. The van der Waals surface area contributed by atoms with Crippen molar-refractivity contribution in [2.45, 2.75) is 30.8 Å². The molecule has 0 aliphatic carbocycles. The highest BCUT2D eigenvalue weighted by Crippen LogP contribution is 2.42. The van der Waals surface area contributed by atoms with Gasteiger partial charge < -0.3 is 9.84 Å². The van der Waals surface area contributed by atoms with E-state index in [4.69, 9.17) is 4.74 Å². The van der Waals surface area contributed by atoms with E-state index in [0.717, 1.165) is 41.8 Å². The van der Waals surface area contributed by atoms with Crippen molar-refractivity contribution in [3.8, 4) is 17.6 Å². The number of methoxy groups -OCH3 is 1. The summed E-state index contributed by atoms with van der Waals surface area (Å²) in [6, 6.07) is 15.9. The molecule has 2 aliphatic heterocycles. The van der Waals surface area contributed by atoms with Crippen molar-refractivity contribution in [1.29, 1.82) is 0 Å². The SMILES string of the molecule is COc1ccccc1C#Cc1ccc([C@@H]2[C@@H](CO)N3CCCCN(S(C)(=O)=O)C[C@@H]23)cc1. The molecule has 3 atom stereocenters. The van der Waals surface area contributed by atoms with Crippen LogP contribution >= 0.6 is 0 Å². The quantitative estimate of drug-likeness (QED) is 0.718. The van der Waals surface area contributed by atoms with Crippen LogP contribution in [-0.4, -0.2) is 74.4 Å². The highest BCUT2D eigenvalue weighted by atomic mass is 32.2. The fourth-order valence-corrected chi connectivity index (χ4v) is 5.77. The summed E-state index contributed by atoms with van der Waals surface area (Å²) in [5, 5.41) is 10.1. The van der Waals surface area contributed by atoms with Gasteiger partial charge in [0.1, 0.15) is 5.75 Å². The van der Waals surface area contributed by atoms with Crippen LogP contribution in [0.4, 0.5) is 0 Å². The molecule has 6 nitrogen and oxygen atoms in total. The monoisotopic (exact) mass is 454 g/mol. The van der Waals surface area contributed by atoms with Crippen molar-refractivity contribution in [2.24, 2.45) is 0 Å². The van der Waals surface area contributed by atoms with E-state index in [9.17, 15) is 13.5 Å². The number of sulfonamides is 1. The minimum Gasteiger partial charge on any atom is -0.495 e. The normalized spacial score (nSPS) is 24.3. The van der Waals surface area contributed by atoms with Gasteiger partial charge in [-0.1, -0.05) is 36.1 Å². The Labute approximate surface area is 190 Å². The summed E-state index contributed by atoms with van der Waals surface area (Å²) < 4.78 is 31.4. The van der Waals surface area contributed by atoms with Crippen LogP contribution in [0.1, 0.15) is 35.4 Å². The standard InChI is InChI=1S/C25H30N2O4S/c1-31-24-8-4-3-7-20(24)12-9-19-10-13-21(14-11-19)25-22-17-26(32(2,29)30)15-5-6-16-27(22)23(25)18-28/h3-4,7-8,10-11,13-14,22-23,25,28H,5-6,15-18H2,1-2H3/t22-,23+,25-/m0/s1. The van der Waals surface area contributed by atoms with Gasteiger partial charge in [-0.2, -0.15) is 0 Å². The first kappa shape index (κ1) is 22.8. The van der Waals surface area contributed by atoms with Crippen molar-refractivity contribution < 1.29 is 18.3 Å². The van der Waals surface area contributed by atoms with Gasteiger partial charge in [0.2, 0.25) is 10.0 Å². The van der Waals surface area contributed by atoms with Crippen molar-refractivity contribution in [1.82, 2.24) is 9.21 Å². The third-order valence-electron chi connectivity index (χ3n) is 6.55. The molecule has 2 aromatic rings. The number of nitrogens with zero attached hydrogens (tertiary/aromatic N) is 2. The van der Waals surface area contributed by atoms with Gasteiger partial charge in [0, 0.05) is 36.7 Å². The highest BCUT2D eigenvalue weighted by molar-refractivity contribution is 7.88. The molecule has 0 unspecified atom stereocenters. The lowest BCUT2D eigenvalue weighted by atomic mass is 9.74. The second kappa shape index (κ2) is 9.63. The molecule has 0 amide bonds. The van der Waals surface area contributed by atoms with Crippen molar-refractivity contribution >= 4 is 10.0 Å². The first-order chi connectivity index (χ1) is 15.4. The number of hydrogen-bond acceptors (Lipinski definition) is 5. The fraction of sp³-hybridized carbons (Fsp3) is 0.440. The van der Waals surface area contributed by atoms with E-state index in [-0.39, 0.29) is 24.6 Å². The Balaban J connectivity index is 1.55. The molecule has 2 aromatic carbocycles. The molecule has 0 saturated carbocycles. The fourth-order valence-electron chi connectivity index (χ4n) is 4.89. The maximum Gasteiger partial charge on any atom is 0.211 e.